The minimum atomic E-state index is -0.366. The molecule has 0 fully saturated rings. The standard InChI is InChI=1S/C14H15N3O2/c1-8-6-7-10(15)9(2)13(8)17-14(19)11-4-3-5-12(18)16-11/h3-7H,15H2,1-2H3,(H,16,18)(H,17,19). The second-order valence-corrected chi connectivity index (χ2v) is 4.35. The number of rotatable bonds is 2. The Morgan fingerprint density at radius 1 is 1.21 bits per heavy atom. The van der Waals surface area contributed by atoms with Crippen molar-refractivity contribution in [3.63, 3.8) is 0 Å². The Kier molecular flexibility index (Phi) is 3.37. The quantitative estimate of drug-likeness (QED) is 0.717. The van der Waals surface area contributed by atoms with Crippen molar-refractivity contribution in [2.24, 2.45) is 0 Å². The van der Waals surface area contributed by atoms with Gasteiger partial charge in [-0.05, 0) is 37.1 Å². The molecule has 0 spiro atoms. The van der Waals surface area contributed by atoms with Gasteiger partial charge in [0.05, 0.1) is 0 Å². The summed E-state index contributed by atoms with van der Waals surface area (Å²) in [5, 5.41) is 2.77. The predicted molar refractivity (Wildman–Crippen MR) is 75.3 cm³/mol. The van der Waals surface area contributed by atoms with Gasteiger partial charge in [0.15, 0.2) is 0 Å². The lowest BCUT2D eigenvalue weighted by atomic mass is 10.1. The van der Waals surface area contributed by atoms with Crippen LogP contribution in [0, 0.1) is 13.8 Å². The molecule has 2 aromatic rings. The van der Waals surface area contributed by atoms with Gasteiger partial charge in [0.1, 0.15) is 5.69 Å². The van der Waals surface area contributed by atoms with E-state index >= 15 is 0 Å². The van der Waals surface area contributed by atoms with E-state index in [1.165, 1.54) is 12.1 Å². The molecule has 0 saturated heterocycles. The van der Waals surface area contributed by atoms with E-state index in [4.69, 9.17) is 5.73 Å². The highest BCUT2D eigenvalue weighted by Crippen LogP contribution is 2.25. The maximum absolute atomic E-state index is 12.1. The Bertz CT molecular complexity index is 689. The molecule has 0 saturated carbocycles. The first-order valence-electron chi connectivity index (χ1n) is 5.85. The Hall–Kier alpha value is -2.56. The van der Waals surface area contributed by atoms with Gasteiger partial charge in [-0.25, -0.2) is 0 Å². The number of hydrogen-bond acceptors (Lipinski definition) is 3. The molecule has 5 heteroatoms. The molecular formula is C14H15N3O2. The van der Waals surface area contributed by atoms with Crippen molar-refractivity contribution < 1.29 is 4.79 Å². The van der Waals surface area contributed by atoms with Gasteiger partial charge in [0, 0.05) is 17.4 Å². The van der Waals surface area contributed by atoms with Gasteiger partial charge < -0.3 is 16.0 Å². The molecule has 4 N–H and O–H groups in total. The maximum atomic E-state index is 12.1. The van der Waals surface area contributed by atoms with Crippen molar-refractivity contribution in [2.75, 3.05) is 11.1 Å². The van der Waals surface area contributed by atoms with E-state index in [1.54, 1.807) is 12.1 Å². The molecule has 19 heavy (non-hydrogen) atoms. The van der Waals surface area contributed by atoms with Crippen LogP contribution in [0.2, 0.25) is 0 Å². The zero-order valence-electron chi connectivity index (χ0n) is 10.8. The number of hydrogen-bond donors (Lipinski definition) is 3. The molecule has 1 aromatic carbocycles. The summed E-state index contributed by atoms with van der Waals surface area (Å²) in [5.41, 5.74) is 8.74. The van der Waals surface area contributed by atoms with Crippen molar-refractivity contribution in [3.05, 3.63) is 57.5 Å². The number of nitrogen functional groups attached to an aromatic ring is 1. The maximum Gasteiger partial charge on any atom is 0.272 e. The monoisotopic (exact) mass is 257 g/mol. The largest absolute Gasteiger partial charge is 0.398 e. The Morgan fingerprint density at radius 2 is 1.95 bits per heavy atom. The number of carbonyl (C=O) groups is 1. The number of aromatic nitrogens is 1. The van der Waals surface area contributed by atoms with Gasteiger partial charge in [0.25, 0.3) is 5.91 Å². The lowest BCUT2D eigenvalue weighted by Gasteiger charge is -2.13. The summed E-state index contributed by atoms with van der Waals surface area (Å²) in [7, 11) is 0. The van der Waals surface area contributed by atoms with E-state index < -0.39 is 0 Å². The number of H-pyrrole nitrogens is 1. The number of pyridine rings is 1. The Labute approximate surface area is 110 Å². The molecule has 0 bridgehead atoms. The fraction of sp³-hybridized carbons (Fsp3) is 0.143. The first-order chi connectivity index (χ1) is 8.99. The summed E-state index contributed by atoms with van der Waals surface area (Å²) < 4.78 is 0. The summed E-state index contributed by atoms with van der Waals surface area (Å²) in [6, 6.07) is 8.07. The number of amides is 1. The van der Waals surface area contributed by atoms with Crippen LogP contribution in [0.3, 0.4) is 0 Å². The fourth-order valence-electron chi connectivity index (χ4n) is 1.82. The van der Waals surface area contributed by atoms with Crippen molar-refractivity contribution in [1.82, 2.24) is 4.98 Å². The van der Waals surface area contributed by atoms with Gasteiger partial charge in [-0.2, -0.15) is 0 Å². The van der Waals surface area contributed by atoms with Crippen LogP contribution < -0.4 is 16.6 Å². The average molecular weight is 257 g/mol. The van der Waals surface area contributed by atoms with E-state index in [9.17, 15) is 9.59 Å². The lowest BCUT2D eigenvalue weighted by Crippen LogP contribution is -2.19. The minimum Gasteiger partial charge on any atom is -0.398 e. The van der Waals surface area contributed by atoms with Crippen molar-refractivity contribution in [1.29, 1.82) is 0 Å². The van der Waals surface area contributed by atoms with Gasteiger partial charge in [-0.15, -0.1) is 0 Å². The van der Waals surface area contributed by atoms with Crippen LogP contribution >= 0.6 is 0 Å². The third-order valence-electron chi connectivity index (χ3n) is 2.97. The van der Waals surface area contributed by atoms with E-state index in [1.807, 2.05) is 19.9 Å². The summed E-state index contributed by atoms with van der Waals surface area (Å²) in [4.78, 5) is 25.7. The molecule has 98 valence electrons. The SMILES string of the molecule is Cc1ccc(N)c(C)c1NC(=O)c1cccc(=O)[nH]1. The second kappa shape index (κ2) is 4.97. The smallest absolute Gasteiger partial charge is 0.272 e. The highest BCUT2D eigenvalue weighted by Gasteiger charge is 2.11. The first kappa shape index (κ1) is 12.9. The van der Waals surface area contributed by atoms with Crippen LogP contribution in [0.4, 0.5) is 11.4 Å². The lowest BCUT2D eigenvalue weighted by molar-refractivity contribution is 0.102. The van der Waals surface area contributed by atoms with E-state index in [2.05, 4.69) is 10.3 Å². The van der Waals surface area contributed by atoms with Crippen LogP contribution in [0.15, 0.2) is 35.1 Å². The molecule has 1 aromatic heterocycles. The Morgan fingerprint density at radius 3 is 2.63 bits per heavy atom. The van der Waals surface area contributed by atoms with Gasteiger partial charge in [-0.3, -0.25) is 9.59 Å². The molecule has 5 nitrogen and oxygen atoms in total. The molecule has 1 amide bonds. The first-order valence-corrected chi connectivity index (χ1v) is 5.85. The fourth-order valence-corrected chi connectivity index (χ4v) is 1.82. The zero-order valence-corrected chi connectivity index (χ0v) is 10.8. The molecule has 2 rings (SSSR count). The van der Waals surface area contributed by atoms with Crippen LogP contribution in [0.1, 0.15) is 21.6 Å². The summed E-state index contributed by atoms with van der Waals surface area (Å²) in [6.07, 6.45) is 0. The zero-order chi connectivity index (χ0) is 14.0. The molecule has 0 radical (unpaired) electrons. The molecule has 0 aliphatic heterocycles. The predicted octanol–water partition coefficient (Wildman–Crippen LogP) is 1.83. The van der Waals surface area contributed by atoms with Crippen LogP contribution in [0.25, 0.3) is 0 Å². The number of carbonyl (C=O) groups excluding carboxylic acids is 1. The topological polar surface area (TPSA) is 88.0 Å². The van der Waals surface area contributed by atoms with E-state index in [0.29, 0.717) is 11.4 Å². The normalized spacial score (nSPS) is 10.2. The number of benzene rings is 1. The second-order valence-electron chi connectivity index (χ2n) is 4.35. The third kappa shape index (κ3) is 2.65. The van der Waals surface area contributed by atoms with E-state index in [-0.39, 0.29) is 17.2 Å². The van der Waals surface area contributed by atoms with Crippen molar-refractivity contribution in [3.8, 4) is 0 Å². The number of nitrogens with one attached hydrogen (secondary N) is 2. The number of aryl methyl sites for hydroxylation is 1. The molecule has 0 aliphatic rings. The summed E-state index contributed by atoms with van der Waals surface area (Å²) >= 11 is 0. The van der Waals surface area contributed by atoms with Gasteiger partial charge >= 0.3 is 0 Å². The molecule has 1 heterocycles. The van der Waals surface area contributed by atoms with Crippen molar-refractivity contribution >= 4 is 17.3 Å². The molecule has 0 unspecified atom stereocenters. The minimum absolute atomic E-state index is 0.216. The van der Waals surface area contributed by atoms with Crippen LogP contribution in [-0.2, 0) is 0 Å². The average Bonchev–Trinajstić information content (AvgIpc) is 2.39. The number of aromatic amines is 1. The van der Waals surface area contributed by atoms with Crippen LogP contribution in [0.5, 0.6) is 0 Å². The third-order valence-corrected chi connectivity index (χ3v) is 2.97. The molecule has 0 atom stereocenters. The highest BCUT2D eigenvalue weighted by molar-refractivity contribution is 6.04. The molecular weight excluding hydrogens is 242 g/mol. The highest BCUT2D eigenvalue weighted by atomic mass is 16.2. The molecule has 0 aliphatic carbocycles. The summed E-state index contributed by atoms with van der Waals surface area (Å²) in [5.74, 6) is -0.366. The number of anilines is 2. The van der Waals surface area contributed by atoms with Gasteiger partial charge in [0.2, 0.25) is 5.56 Å². The van der Waals surface area contributed by atoms with Gasteiger partial charge in [-0.1, -0.05) is 12.1 Å². The van der Waals surface area contributed by atoms with Crippen LogP contribution in [-0.4, -0.2) is 10.9 Å². The van der Waals surface area contributed by atoms with Crippen molar-refractivity contribution in [2.45, 2.75) is 13.8 Å². The number of nitrogens with two attached hydrogens (primary N) is 1. The Balaban J connectivity index is 2.34. The summed E-state index contributed by atoms with van der Waals surface area (Å²) in [6.45, 7) is 3.72. The van der Waals surface area contributed by atoms with E-state index in [0.717, 1.165) is 11.1 Å².